The number of esters is 1. The summed E-state index contributed by atoms with van der Waals surface area (Å²) in [5.41, 5.74) is 4.70. The number of ether oxygens (including phenoxy) is 1. The number of nitrogens with one attached hydrogen (secondary N) is 1. The van der Waals surface area contributed by atoms with Gasteiger partial charge in [0.1, 0.15) is 18.2 Å². The highest BCUT2D eigenvalue weighted by Crippen LogP contribution is 2.27. The summed E-state index contributed by atoms with van der Waals surface area (Å²) in [5, 5.41) is 30.8. The molecule has 5 rings (SSSR count). The van der Waals surface area contributed by atoms with Crippen LogP contribution in [0.4, 0.5) is 22.7 Å². The standard InChI is InChI=1S/C32H26N6O4/c1-2-37(26-12-8-24(9-13-26)35-36-25-10-14-27(15-11-25)38(40)41)17-18-42-32(39)23(21-33)19-22-7-16-31-29(20-22)28-5-3-4-6-30(28)34-31/h3-16,19-20,34H,2,17-18H2,1H3/b23-19+,36-35?. The topological polar surface area (TPSA) is 137 Å². The van der Waals surface area contributed by atoms with E-state index < -0.39 is 10.9 Å². The van der Waals surface area contributed by atoms with Crippen molar-refractivity contribution in [3.05, 3.63) is 112 Å². The summed E-state index contributed by atoms with van der Waals surface area (Å²) in [6.45, 7) is 3.21. The van der Waals surface area contributed by atoms with Crippen LogP contribution in [0.15, 0.2) is 107 Å². The molecule has 0 radical (unpaired) electrons. The number of para-hydroxylation sites is 1. The van der Waals surface area contributed by atoms with Gasteiger partial charge in [0, 0.05) is 46.2 Å². The molecule has 0 atom stereocenters. The van der Waals surface area contributed by atoms with E-state index in [1.54, 1.807) is 18.2 Å². The van der Waals surface area contributed by atoms with Crippen LogP contribution in [0.3, 0.4) is 0 Å². The summed E-state index contributed by atoms with van der Waals surface area (Å²) in [6.07, 6.45) is 1.55. The quantitative estimate of drug-likeness (QED) is 0.0467. The first-order valence-corrected chi connectivity index (χ1v) is 13.3. The molecule has 0 spiro atoms. The molecule has 0 unspecified atom stereocenters. The molecule has 5 aromatic rings. The van der Waals surface area contributed by atoms with Gasteiger partial charge in [0.25, 0.3) is 5.69 Å². The van der Waals surface area contributed by atoms with Crippen molar-refractivity contribution in [2.75, 3.05) is 24.6 Å². The molecule has 0 amide bonds. The average Bonchev–Trinajstić information content (AvgIpc) is 3.39. The van der Waals surface area contributed by atoms with Crippen LogP contribution in [-0.2, 0) is 9.53 Å². The molecule has 0 aliphatic heterocycles. The van der Waals surface area contributed by atoms with Crippen molar-refractivity contribution in [2.24, 2.45) is 10.2 Å². The number of nitro groups is 1. The number of hydrogen-bond acceptors (Lipinski definition) is 8. The van der Waals surface area contributed by atoms with E-state index >= 15 is 0 Å². The van der Waals surface area contributed by atoms with Crippen LogP contribution in [0.5, 0.6) is 0 Å². The Morgan fingerprint density at radius 2 is 1.64 bits per heavy atom. The number of non-ortho nitro benzene ring substituents is 1. The minimum atomic E-state index is -0.672. The smallest absolute Gasteiger partial charge is 0.348 e. The van der Waals surface area contributed by atoms with Gasteiger partial charge in [-0.15, -0.1) is 0 Å². The van der Waals surface area contributed by atoms with E-state index in [1.807, 2.05) is 72.5 Å². The number of azo groups is 1. The Labute approximate surface area is 241 Å². The summed E-state index contributed by atoms with van der Waals surface area (Å²) < 4.78 is 5.45. The van der Waals surface area contributed by atoms with Crippen LogP contribution < -0.4 is 4.90 Å². The molecule has 0 saturated heterocycles. The molecular formula is C32H26N6O4. The Kier molecular flexibility index (Phi) is 8.30. The fraction of sp³-hybridized carbons (Fsp3) is 0.125. The molecule has 1 heterocycles. The van der Waals surface area contributed by atoms with Gasteiger partial charge in [0.15, 0.2) is 0 Å². The fourth-order valence-electron chi connectivity index (χ4n) is 4.54. The predicted molar refractivity (Wildman–Crippen MR) is 162 cm³/mol. The Morgan fingerprint density at radius 3 is 2.31 bits per heavy atom. The third-order valence-corrected chi connectivity index (χ3v) is 6.71. The number of likely N-dealkylation sites (N-methyl/N-ethyl adjacent to an activating group) is 1. The molecular weight excluding hydrogens is 532 g/mol. The van der Waals surface area contributed by atoms with Crippen LogP contribution >= 0.6 is 0 Å². The molecule has 10 nitrogen and oxygen atoms in total. The highest BCUT2D eigenvalue weighted by molar-refractivity contribution is 6.08. The highest BCUT2D eigenvalue weighted by atomic mass is 16.6. The van der Waals surface area contributed by atoms with Crippen molar-refractivity contribution in [1.82, 2.24) is 4.98 Å². The second-order valence-electron chi connectivity index (χ2n) is 9.35. The molecule has 0 aliphatic carbocycles. The Bertz CT molecular complexity index is 1850. The summed E-state index contributed by atoms with van der Waals surface area (Å²) in [5.74, 6) is -0.672. The molecule has 0 bridgehead atoms. The maximum absolute atomic E-state index is 12.7. The first-order valence-electron chi connectivity index (χ1n) is 13.3. The number of aromatic amines is 1. The van der Waals surface area contributed by atoms with Gasteiger partial charge in [0.2, 0.25) is 0 Å². The molecule has 0 saturated carbocycles. The second kappa shape index (κ2) is 12.6. The van der Waals surface area contributed by atoms with Gasteiger partial charge in [-0.3, -0.25) is 10.1 Å². The zero-order chi connectivity index (χ0) is 29.5. The predicted octanol–water partition coefficient (Wildman–Crippen LogP) is 7.62. The number of hydrogen-bond donors (Lipinski definition) is 1. The van der Waals surface area contributed by atoms with Crippen molar-refractivity contribution in [1.29, 1.82) is 5.26 Å². The van der Waals surface area contributed by atoms with Gasteiger partial charge in [-0.05, 0) is 73.2 Å². The van der Waals surface area contributed by atoms with Crippen LogP contribution in [-0.4, -0.2) is 35.6 Å². The number of nitro benzene ring substituents is 1. The Morgan fingerprint density at radius 1 is 0.976 bits per heavy atom. The minimum absolute atomic E-state index is 0.00756. The highest BCUT2D eigenvalue weighted by Gasteiger charge is 2.13. The minimum Gasteiger partial charge on any atom is -0.460 e. The number of benzene rings is 4. The van der Waals surface area contributed by atoms with Crippen molar-refractivity contribution in [3.63, 3.8) is 0 Å². The van der Waals surface area contributed by atoms with E-state index in [9.17, 15) is 20.2 Å². The molecule has 0 fully saturated rings. The van der Waals surface area contributed by atoms with E-state index in [2.05, 4.69) is 15.2 Å². The SMILES string of the molecule is CCN(CCOC(=O)/C(C#N)=C/c1ccc2[nH]c3ccccc3c2c1)c1ccc(N=Nc2ccc([N+](=O)[O-])cc2)cc1. The molecule has 4 aromatic carbocycles. The average molecular weight is 559 g/mol. The molecule has 1 N–H and O–H groups in total. The van der Waals surface area contributed by atoms with Crippen LogP contribution in [0.1, 0.15) is 12.5 Å². The number of aromatic nitrogens is 1. The van der Waals surface area contributed by atoms with Crippen LogP contribution in [0, 0.1) is 21.4 Å². The van der Waals surface area contributed by atoms with Crippen LogP contribution in [0.25, 0.3) is 27.9 Å². The number of rotatable bonds is 10. The normalized spacial score (nSPS) is 11.6. The molecule has 42 heavy (non-hydrogen) atoms. The molecule has 10 heteroatoms. The maximum Gasteiger partial charge on any atom is 0.348 e. The lowest BCUT2D eigenvalue weighted by Gasteiger charge is -2.22. The van der Waals surface area contributed by atoms with E-state index in [1.165, 1.54) is 24.3 Å². The van der Waals surface area contributed by atoms with Gasteiger partial charge in [-0.25, -0.2) is 4.79 Å². The maximum atomic E-state index is 12.7. The van der Waals surface area contributed by atoms with Crippen LogP contribution in [0.2, 0.25) is 0 Å². The number of H-pyrrole nitrogens is 1. The van der Waals surface area contributed by atoms with Gasteiger partial charge >= 0.3 is 5.97 Å². The number of nitriles is 1. The first-order chi connectivity index (χ1) is 20.4. The van der Waals surface area contributed by atoms with Gasteiger partial charge < -0.3 is 14.6 Å². The third-order valence-electron chi connectivity index (χ3n) is 6.71. The number of carbonyl (C=O) groups is 1. The van der Waals surface area contributed by atoms with E-state index in [0.717, 1.165) is 33.1 Å². The Balaban J connectivity index is 1.18. The number of anilines is 1. The summed E-state index contributed by atoms with van der Waals surface area (Å²) in [7, 11) is 0. The third kappa shape index (κ3) is 6.32. The summed E-state index contributed by atoms with van der Waals surface area (Å²) in [4.78, 5) is 28.4. The zero-order valence-corrected chi connectivity index (χ0v) is 22.7. The lowest BCUT2D eigenvalue weighted by atomic mass is 10.1. The largest absolute Gasteiger partial charge is 0.460 e. The van der Waals surface area contributed by atoms with Crippen molar-refractivity contribution >= 4 is 56.6 Å². The second-order valence-corrected chi connectivity index (χ2v) is 9.35. The monoisotopic (exact) mass is 558 g/mol. The molecule has 0 aliphatic rings. The van der Waals surface area contributed by atoms with Gasteiger partial charge in [-0.2, -0.15) is 15.5 Å². The zero-order valence-electron chi connectivity index (χ0n) is 22.7. The van der Waals surface area contributed by atoms with E-state index in [4.69, 9.17) is 4.74 Å². The van der Waals surface area contributed by atoms with E-state index in [-0.39, 0.29) is 17.9 Å². The number of nitrogens with zero attached hydrogens (tertiary/aromatic N) is 5. The van der Waals surface area contributed by atoms with Crippen molar-refractivity contribution in [2.45, 2.75) is 6.92 Å². The fourth-order valence-corrected chi connectivity index (χ4v) is 4.54. The Hall–Kier alpha value is -5.82. The van der Waals surface area contributed by atoms with Crippen molar-refractivity contribution < 1.29 is 14.5 Å². The summed E-state index contributed by atoms with van der Waals surface area (Å²) >= 11 is 0. The van der Waals surface area contributed by atoms with Crippen molar-refractivity contribution in [3.8, 4) is 6.07 Å². The number of carbonyl (C=O) groups excluding carboxylic acids is 1. The molecule has 208 valence electrons. The van der Waals surface area contributed by atoms with E-state index in [0.29, 0.717) is 24.5 Å². The number of fused-ring (bicyclic) bond motifs is 3. The van der Waals surface area contributed by atoms with Gasteiger partial charge in [-0.1, -0.05) is 24.3 Å². The first kappa shape index (κ1) is 27.7. The van der Waals surface area contributed by atoms with Gasteiger partial charge in [0.05, 0.1) is 22.8 Å². The lowest BCUT2D eigenvalue weighted by molar-refractivity contribution is -0.384. The molecule has 1 aromatic heterocycles. The summed E-state index contributed by atoms with van der Waals surface area (Å²) in [6, 6.07) is 28.9. The lowest BCUT2D eigenvalue weighted by Crippen LogP contribution is -2.28.